The third-order valence-corrected chi connectivity index (χ3v) is 6.05. The quantitative estimate of drug-likeness (QED) is 0.763. The summed E-state index contributed by atoms with van der Waals surface area (Å²) in [6, 6.07) is 0.254. The van der Waals surface area contributed by atoms with Crippen molar-refractivity contribution in [1.29, 1.82) is 0 Å². The fourth-order valence-corrected chi connectivity index (χ4v) is 4.55. The van der Waals surface area contributed by atoms with Crippen LogP contribution >= 0.6 is 11.8 Å². The maximum Gasteiger partial charge on any atom is 0.407 e. The molecule has 2 rings (SSSR count). The van der Waals surface area contributed by atoms with E-state index in [0.29, 0.717) is 0 Å². The van der Waals surface area contributed by atoms with Gasteiger partial charge in [0.1, 0.15) is 0 Å². The number of rotatable bonds is 6. The SMILES string of the molecule is CN(C(=O)O)C1CCC(CCCCN2CCSCC2)CC1. The number of nitrogens with zero attached hydrogens (tertiary/aromatic N) is 2. The highest BCUT2D eigenvalue weighted by Gasteiger charge is 2.25. The van der Waals surface area contributed by atoms with Crippen LogP contribution in [0, 0.1) is 5.92 Å². The highest BCUT2D eigenvalue weighted by atomic mass is 32.2. The van der Waals surface area contributed by atoms with Crippen LogP contribution in [0.15, 0.2) is 0 Å². The highest BCUT2D eigenvalue weighted by Crippen LogP contribution is 2.30. The van der Waals surface area contributed by atoms with Crippen LogP contribution in [0.1, 0.15) is 44.9 Å². The molecular weight excluding hydrogens is 284 g/mol. The minimum atomic E-state index is -0.779. The number of carbonyl (C=O) groups is 1. The van der Waals surface area contributed by atoms with Crippen molar-refractivity contribution < 1.29 is 9.90 Å². The van der Waals surface area contributed by atoms with E-state index in [-0.39, 0.29) is 6.04 Å². The van der Waals surface area contributed by atoms with Crippen LogP contribution in [-0.4, -0.2) is 65.2 Å². The van der Waals surface area contributed by atoms with Crippen molar-refractivity contribution in [3.63, 3.8) is 0 Å². The minimum Gasteiger partial charge on any atom is -0.465 e. The van der Waals surface area contributed by atoms with Crippen LogP contribution in [0.5, 0.6) is 0 Å². The summed E-state index contributed by atoms with van der Waals surface area (Å²) in [5.74, 6) is 3.45. The maximum absolute atomic E-state index is 11.0. The van der Waals surface area contributed by atoms with Crippen LogP contribution in [-0.2, 0) is 0 Å². The normalized spacial score (nSPS) is 27.5. The van der Waals surface area contributed by atoms with Gasteiger partial charge in [-0.1, -0.05) is 12.8 Å². The second-order valence-electron chi connectivity index (χ2n) is 6.52. The third kappa shape index (κ3) is 5.70. The zero-order chi connectivity index (χ0) is 15.1. The van der Waals surface area contributed by atoms with Gasteiger partial charge in [0.25, 0.3) is 0 Å². The first-order valence-electron chi connectivity index (χ1n) is 8.42. The van der Waals surface area contributed by atoms with E-state index in [1.807, 2.05) is 0 Å². The van der Waals surface area contributed by atoms with E-state index >= 15 is 0 Å². The van der Waals surface area contributed by atoms with Crippen molar-refractivity contribution in [2.75, 3.05) is 38.2 Å². The summed E-state index contributed by atoms with van der Waals surface area (Å²) in [6.07, 6.45) is 7.76. The van der Waals surface area contributed by atoms with E-state index in [1.54, 1.807) is 7.05 Å². The number of amides is 1. The molecule has 1 saturated heterocycles. The molecule has 0 bridgehead atoms. The average molecular weight is 314 g/mol. The molecule has 21 heavy (non-hydrogen) atoms. The molecule has 0 aromatic rings. The van der Waals surface area contributed by atoms with Crippen LogP contribution in [0.4, 0.5) is 4.79 Å². The van der Waals surface area contributed by atoms with Crippen molar-refractivity contribution in [2.45, 2.75) is 51.0 Å². The van der Waals surface area contributed by atoms with Gasteiger partial charge in [-0.05, 0) is 44.6 Å². The zero-order valence-corrected chi connectivity index (χ0v) is 14.1. The molecule has 1 heterocycles. The monoisotopic (exact) mass is 314 g/mol. The lowest BCUT2D eigenvalue weighted by molar-refractivity contribution is 0.117. The number of carboxylic acid groups (broad SMARTS) is 1. The summed E-state index contributed by atoms with van der Waals surface area (Å²) in [7, 11) is 1.71. The van der Waals surface area contributed by atoms with Gasteiger partial charge in [-0.2, -0.15) is 11.8 Å². The maximum atomic E-state index is 11.0. The molecule has 2 fully saturated rings. The fourth-order valence-electron chi connectivity index (χ4n) is 3.57. The van der Waals surface area contributed by atoms with E-state index in [1.165, 1.54) is 68.1 Å². The Hall–Kier alpha value is -0.420. The molecule has 122 valence electrons. The lowest BCUT2D eigenvalue weighted by Gasteiger charge is -2.33. The topological polar surface area (TPSA) is 43.8 Å². The summed E-state index contributed by atoms with van der Waals surface area (Å²) in [5, 5.41) is 9.02. The molecule has 0 atom stereocenters. The Morgan fingerprint density at radius 1 is 1.19 bits per heavy atom. The van der Waals surface area contributed by atoms with Crippen molar-refractivity contribution in [3.05, 3.63) is 0 Å². The largest absolute Gasteiger partial charge is 0.465 e. The first kappa shape index (κ1) is 16.9. The van der Waals surface area contributed by atoms with Gasteiger partial charge in [0.15, 0.2) is 0 Å². The Balaban J connectivity index is 1.53. The number of hydrogen-bond acceptors (Lipinski definition) is 3. The van der Waals surface area contributed by atoms with Gasteiger partial charge in [0.05, 0.1) is 0 Å². The van der Waals surface area contributed by atoms with Crippen LogP contribution < -0.4 is 0 Å². The van der Waals surface area contributed by atoms with E-state index in [2.05, 4.69) is 16.7 Å². The Kier molecular flexibility index (Phi) is 7.17. The fraction of sp³-hybridized carbons (Fsp3) is 0.938. The van der Waals surface area contributed by atoms with Gasteiger partial charge in [-0.15, -0.1) is 0 Å². The molecule has 0 aromatic heterocycles. The Bertz CT molecular complexity index is 313. The number of thioether (sulfide) groups is 1. The van der Waals surface area contributed by atoms with Gasteiger partial charge in [0, 0.05) is 37.7 Å². The molecule has 2 aliphatic rings. The van der Waals surface area contributed by atoms with Crippen molar-refractivity contribution in [1.82, 2.24) is 9.80 Å². The Morgan fingerprint density at radius 2 is 1.86 bits per heavy atom. The molecule has 1 N–H and O–H groups in total. The smallest absolute Gasteiger partial charge is 0.407 e. The van der Waals surface area contributed by atoms with Crippen molar-refractivity contribution in [3.8, 4) is 0 Å². The molecule has 1 aliphatic heterocycles. The lowest BCUT2D eigenvalue weighted by Crippen LogP contribution is -2.38. The summed E-state index contributed by atoms with van der Waals surface area (Å²) >= 11 is 2.08. The predicted octanol–water partition coefficient (Wildman–Crippen LogP) is 3.37. The first-order valence-corrected chi connectivity index (χ1v) is 9.58. The summed E-state index contributed by atoms with van der Waals surface area (Å²) in [6.45, 7) is 3.83. The molecule has 1 amide bonds. The molecule has 5 heteroatoms. The lowest BCUT2D eigenvalue weighted by atomic mass is 9.82. The van der Waals surface area contributed by atoms with Gasteiger partial charge < -0.3 is 14.9 Å². The molecule has 1 saturated carbocycles. The highest BCUT2D eigenvalue weighted by molar-refractivity contribution is 7.99. The van der Waals surface area contributed by atoms with Gasteiger partial charge >= 0.3 is 6.09 Å². The Labute approximate surface area is 133 Å². The summed E-state index contributed by atoms with van der Waals surface area (Å²) in [5.41, 5.74) is 0. The standard InChI is InChI=1S/C16H30N2O2S/c1-17(16(19)20)15-7-5-14(6-8-15)4-2-3-9-18-10-12-21-13-11-18/h14-15H,2-13H2,1H3,(H,19,20). The second-order valence-corrected chi connectivity index (χ2v) is 7.74. The third-order valence-electron chi connectivity index (χ3n) is 5.11. The van der Waals surface area contributed by atoms with E-state index in [9.17, 15) is 4.79 Å². The van der Waals surface area contributed by atoms with Crippen molar-refractivity contribution in [2.24, 2.45) is 5.92 Å². The minimum absolute atomic E-state index is 0.254. The van der Waals surface area contributed by atoms with Crippen LogP contribution in [0.25, 0.3) is 0 Å². The van der Waals surface area contributed by atoms with Gasteiger partial charge in [0.2, 0.25) is 0 Å². The second kappa shape index (κ2) is 8.89. The molecule has 0 radical (unpaired) electrons. The first-order chi connectivity index (χ1) is 10.2. The molecule has 1 aliphatic carbocycles. The molecule has 0 spiro atoms. The molecule has 0 unspecified atom stereocenters. The van der Waals surface area contributed by atoms with E-state index < -0.39 is 6.09 Å². The zero-order valence-electron chi connectivity index (χ0n) is 13.3. The summed E-state index contributed by atoms with van der Waals surface area (Å²) in [4.78, 5) is 15.1. The molecular formula is C16H30N2O2S. The van der Waals surface area contributed by atoms with Crippen molar-refractivity contribution >= 4 is 17.9 Å². The number of hydrogen-bond donors (Lipinski definition) is 1. The van der Waals surface area contributed by atoms with Crippen LogP contribution in [0.3, 0.4) is 0 Å². The van der Waals surface area contributed by atoms with E-state index in [4.69, 9.17) is 5.11 Å². The van der Waals surface area contributed by atoms with Crippen LogP contribution in [0.2, 0.25) is 0 Å². The van der Waals surface area contributed by atoms with E-state index in [0.717, 1.165) is 18.8 Å². The Morgan fingerprint density at radius 3 is 2.48 bits per heavy atom. The number of unbranched alkanes of at least 4 members (excludes halogenated alkanes) is 1. The van der Waals surface area contributed by atoms with Gasteiger partial charge in [-0.25, -0.2) is 4.79 Å². The molecule has 4 nitrogen and oxygen atoms in total. The predicted molar refractivity (Wildman–Crippen MR) is 89.1 cm³/mol. The average Bonchev–Trinajstić information content (AvgIpc) is 2.52. The van der Waals surface area contributed by atoms with Gasteiger partial charge in [-0.3, -0.25) is 0 Å². The molecule has 0 aromatic carbocycles. The summed E-state index contributed by atoms with van der Waals surface area (Å²) < 4.78 is 0.